The van der Waals surface area contributed by atoms with Crippen molar-refractivity contribution in [3.8, 4) is 16.9 Å². The summed E-state index contributed by atoms with van der Waals surface area (Å²) in [6.07, 6.45) is 4.27. The first kappa shape index (κ1) is 19.5. The van der Waals surface area contributed by atoms with Crippen molar-refractivity contribution in [1.29, 1.82) is 0 Å². The van der Waals surface area contributed by atoms with Crippen LogP contribution in [0.5, 0.6) is 5.75 Å². The first-order chi connectivity index (χ1) is 14.0. The quantitative estimate of drug-likeness (QED) is 0.819. The third-order valence-corrected chi connectivity index (χ3v) is 6.56. The molecule has 0 unspecified atom stereocenters. The van der Waals surface area contributed by atoms with Crippen molar-refractivity contribution in [1.82, 2.24) is 4.90 Å². The van der Waals surface area contributed by atoms with E-state index in [1.807, 2.05) is 53.4 Å². The molecule has 1 aliphatic carbocycles. The molecule has 152 valence electrons. The fraction of sp³-hybridized carbons (Fsp3) is 0.417. The molecule has 2 amide bonds. The standard InChI is InChI=1S/C24H28N2O3/c1-29-21-8-3-2-7-20(21)18-11-9-17(10-12-18)15-24(23(25)28)13-14-26(16-24)22(27)19-5-4-6-19/h2-3,7-12,19H,4-6,13-16H2,1H3,(H2,25,28)/t24-/m0/s1. The minimum Gasteiger partial charge on any atom is -0.496 e. The number of hydrogen-bond acceptors (Lipinski definition) is 3. The number of primary amides is 1. The van der Waals surface area contributed by atoms with Crippen molar-refractivity contribution < 1.29 is 14.3 Å². The van der Waals surface area contributed by atoms with E-state index in [0.29, 0.717) is 25.9 Å². The molecule has 0 spiro atoms. The van der Waals surface area contributed by atoms with Crippen LogP contribution in [0.1, 0.15) is 31.2 Å². The Bertz CT molecular complexity index is 905. The third-order valence-electron chi connectivity index (χ3n) is 6.56. The van der Waals surface area contributed by atoms with Gasteiger partial charge in [0.05, 0.1) is 12.5 Å². The highest BCUT2D eigenvalue weighted by Gasteiger charge is 2.46. The Balaban J connectivity index is 1.51. The zero-order valence-corrected chi connectivity index (χ0v) is 16.9. The van der Waals surface area contributed by atoms with Gasteiger partial charge in [0.15, 0.2) is 0 Å². The molecule has 4 rings (SSSR count). The monoisotopic (exact) mass is 392 g/mol. The lowest BCUT2D eigenvalue weighted by molar-refractivity contribution is -0.138. The van der Waals surface area contributed by atoms with E-state index in [1.54, 1.807) is 7.11 Å². The fourth-order valence-corrected chi connectivity index (χ4v) is 4.48. The van der Waals surface area contributed by atoms with Crippen LogP contribution in [0.15, 0.2) is 48.5 Å². The van der Waals surface area contributed by atoms with Gasteiger partial charge in [0.25, 0.3) is 0 Å². The number of methoxy groups -OCH3 is 1. The van der Waals surface area contributed by atoms with Crippen LogP contribution < -0.4 is 10.5 Å². The minimum absolute atomic E-state index is 0.152. The molecule has 2 N–H and O–H groups in total. The fourth-order valence-electron chi connectivity index (χ4n) is 4.48. The van der Waals surface area contributed by atoms with Gasteiger partial charge in [-0.1, -0.05) is 48.9 Å². The Morgan fingerprint density at radius 1 is 1.14 bits per heavy atom. The molecule has 0 radical (unpaired) electrons. The molecule has 1 aliphatic heterocycles. The van der Waals surface area contributed by atoms with E-state index in [2.05, 4.69) is 0 Å². The number of nitrogens with two attached hydrogens (primary N) is 1. The van der Waals surface area contributed by atoms with E-state index in [0.717, 1.165) is 41.7 Å². The van der Waals surface area contributed by atoms with Gasteiger partial charge >= 0.3 is 0 Å². The number of hydrogen-bond donors (Lipinski definition) is 1. The van der Waals surface area contributed by atoms with E-state index < -0.39 is 5.41 Å². The topological polar surface area (TPSA) is 72.6 Å². The van der Waals surface area contributed by atoms with Crippen molar-refractivity contribution in [2.45, 2.75) is 32.1 Å². The summed E-state index contributed by atoms with van der Waals surface area (Å²) in [4.78, 5) is 26.9. The Morgan fingerprint density at radius 2 is 1.86 bits per heavy atom. The summed E-state index contributed by atoms with van der Waals surface area (Å²) < 4.78 is 5.45. The Morgan fingerprint density at radius 3 is 2.48 bits per heavy atom. The van der Waals surface area contributed by atoms with Crippen molar-refractivity contribution in [2.24, 2.45) is 17.1 Å². The highest BCUT2D eigenvalue weighted by atomic mass is 16.5. The summed E-state index contributed by atoms with van der Waals surface area (Å²) in [5.74, 6) is 0.870. The Kier molecular flexibility index (Phi) is 5.31. The second-order valence-electron chi connectivity index (χ2n) is 8.36. The number of likely N-dealkylation sites (tertiary alicyclic amines) is 1. The lowest BCUT2D eigenvalue weighted by atomic mass is 9.79. The highest BCUT2D eigenvalue weighted by Crippen LogP contribution is 2.38. The Hall–Kier alpha value is -2.82. The molecule has 2 aromatic carbocycles. The van der Waals surface area contributed by atoms with Gasteiger partial charge in [-0.3, -0.25) is 9.59 Å². The molecule has 1 heterocycles. The molecule has 0 aromatic heterocycles. The number of nitrogens with zero attached hydrogens (tertiary/aromatic N) is 1. The predicted octanol–water partition coefficient (Wildman–Crippen LogP) is 3.41. The molecular weight excluding hydrogens is 364 g/mol. The maximum Gasteiger partial charge on any atom is 0.225 e. The second-order valence-corrected chi connectivity index (χ2v) is 8.36. The summed E-state index contributed by atoms with van der Waals surface area (Å²) in [6.45, 7) is 1.06. The molecule has 1 saturated heterocycles. The Labute approximate surface area is 171 Å². The lowest BCUT2D eigenvalue weighted by Crippen LogP contribution is -2.44. The van der Waals surface area contributed by atoms with E-state index in [-0.39, 0.29) is 17.7 Å². The molecule has 5 heteroatoms. The van der Waals surface area contributed by atoms with Gasteiger partial charge < -0.3 is 15.4 Å². The average Bonchev–Trinajstić information content (AvgIpc) is 3.13. The van der Waals surface area contributed by atoms with Crippen LogP contribution >= 0.6 is 0 Å². The zero-order valence-electron chi connectivity index (χ0n) is 16.9. The number of para-hydroxylation sites is 1. The minimum atomic E-state index is -0.675. The summed E-state index contributed by atoms with van der Waals surface area (Å²) in [5.41, 5.74) is 8.31. The summed E-state index contributed by atoms with van der Waals surface area (Å²) in [7, 11) is 1.67. The van der Waals surface area contributed by atoms with Crippen molar-refractivity contribution in [3.63, 3.8) is 0 Å². The smallest absolute Gasteiger partial charge is 0.225 e. The molecule has 2 aliphatic rings. The van der Waals surface area contributed by atoms with E-state index in [9.17, 15) is 9.59 Å². The summed E-state index contributed by atoms with van der Waals surface area (Å²) in [5, 5.41) is 0. The van der Waals surface area contributed by atoms with E-state index >= 15 is 0 Å². The van der Waals surface area contributed by atoms with Crippen LogP contribution in [-0.4, -0.2) is 36.9 Å². The number of ether oxygens (including phenoxy) is 1. The van der Waals surface area contributed by atoms with Crippen molar-refractivity contribution in [3.05, 3.63) is 54.1 Å². The van der Waals surface area contributed by atoms with Gasteiger partial charge in [-0.25, -0.2) is 0 Å². The SMILES string of the molecule is COc1ccccc1-c1ccc(C[C@@]2(C(N)=O)CCN(C(=O)C3CCC3)C2)cc1. The van der Waals surface area contributed by atoms with Crippen molar-refractivity contribution in [2.75, 3.05) is 20.2 Å². The lowest BCUT2D eigenvalue weighted by Gasteiger charge is -2.31. The van der Waals surface area contributed by atoms with Gasteiger partial charge in [-0.05, 0) is 42.9 Å². The maximum absolute atomic E-state index is 12.6. The van der Waals surface area contributed by atoms with Crippen LogP contribution in [0.25, 0.3) is 11.1 Å². The van der Waals surface area contributed by atoms with E-state index in [1.165, 1.54) is 0 Å². The molecule has 5 nitrogen and oxygen atoms in total. The normalized spacial score (nSPS) is 21.6. The van der Waals surface area contributed by atoms with Crippen LogP contribution in [-0.2, 0) is 16.0 Å². The summed E-state index contributed by atoms with van der Waals surface area (Å²) in [6, 6.07) is 16.1. The first-order valence-electron chi connectivity index (χ1n) is 10.3. The summed E-state index contributed by atoms with van der Waals surface area (Å²) >= 11 is 0. The third kappa shape index (κ3) is 3.74. The maximum atomic E-state index is 12.6. The van der Waals surface area contributed by atoms with Crippen LogP contribution in [0.4, 0.5) is 0 Å². The first-order valence-corrected chi connectivity index (χ1v) is 10.3. The highest BCUT2D eigenvalue weighted by molar-refractivity contribution is 5.85. The largest absolute Gasteiger partial charge is 0.496 e. The van der Waals surface area contributed by atoms with Gasteiger partial charge in [0.1, 0.15) is 5.75 Å². The predicted molar refractivity (Wildman–Crippen MR) is 112 cm³/mol. The molecule has 1 saturated carbocycles. The average molecular weight is 392 g/mol. The van der Waals surface area contributed by atoms with Crippen LogP contribution in [0, 0.1) is 11.3 Å². The molecular formula is C24H28N2O3. The van der Waals surface area contributed by atoms with Crippen molar-refractivity contribution >= 4 is 11.8 Å². The molecule has 29 heavy (non-hydrogen) atoms. The van der Waals surface area contributed by atoms with E-state index in [4.69, 9.17) is 10.5 Å². The van der Waals surface area contributed by atoms with Gasteiger partial charge in [0, 0.05) is 24.6 Å². The van der Waals surface area contributed by atoms with Crippen LogP contribution in [0.3, 0.4) is 0 Å². The van der Waals surface area contributed by atoms with Gasteiger partial charge in [-0.2, -0.15) is 0 Å². The number of rotatable bonds is 6. The molecule has 2 aromatic rings. The van der Waals surface area contributed by atoms with Crippen LogP contribution in [0.2, 0.25) is 0 Å². The number of carbonyl (C=O) groups excluding carboxylic acids is 2. The molecule has 1 atom stereocenters. The number of benzene rings is 2. The molecule has 2 fully saturated rings. The number of amides is 2. The van der Waals surface area contributed by atoms with Gasteiger partial charge in [0.2, 0.25) is 11.8 Å². The van der Waals surface area contributed by atoms with Gasteiger partial charge in [-0.15, -0.1) is 0 Å². The molecule has 0 bridgehead atoms. The number of carbonyl (C=O) groups is 2. The second kappa shape index (κ2) is 7.90. The zero-order chi connectivity index (χ0) is 20.4.